The highest BCUT2D eigenvalue weighted by atomic mass is 35.5. The molecule has 0 aliphatic carbocycles. The molecule has 2 aromatic carbocycles. The summed E-state index contributed by atoms with van der Waals surface area (Å²) in [4.78, 5) is 6.97. The molecule has 2 heterocycles. The van der Waals surface area contributed by atoms with Crippen LogP contribution in [0.5, 0.6) is 0 Å². The number of rotatable bonds is 4. The van der Waals surface area contributed by atoms with Crippen LogP contribution in [0.25, 0.3) is 10.9 Å². The molecule has 1 atom stereocenters. The SMILES string of the molecule is CC(c1cccc(Nc2ccnc3cc(Cl)ccc23)c1)N1CCCC1. The Morgan fingerprint density at radius 3 is 2.76 bits per heavy atom. The van der Waals surface area contributed by atoms with Crippen LogP contribution in [-0.4, -0.2) is 23.0 Å². The number of pyridine rings is 1. The Hall–Kier alpha value is -2.10. The summed E-state index contributed by atoms with van der Waals surface area (Å²) in [5.74, 6) is 0. The van der Waals surface area contributed by atoms with Crippen LogP contribution in [0, 0.1) is 0 Å². The van der Waals surface area contributed by atoms with E-state index in [4.69, 9.17) is 11.6 Å². The highest BCUT2D eigenvalue weighted by Gasteiger charge is 2.19. The highest BCUT2D eigenvalue weighted by Crippen LogP contribution is 2.30. The molecule has 0 saturated carbocycles. The maximum absolute atomic E-state index is 6.08. The monoisotopic (exact) mass is 351 g/mol. The third-order valence-electron chi connectivity index (χ3n) is 5.04. The molecular weight excluding hydrogens is 330 g/mol. The number of anilines is 2. The van der Waals surface area contributed by atoms with Crippen LogP contribution in [0.2, 0.25) is 5.02 Å². The zero-order valence-electron chi connectivity index (χ0n) is 14.4. The maximum atomic E-state index is 6.08. The quantitative estimate of drug-likeness (QED) is 0.645. The van der Waals surface area contributed by atoms with Gasteiger partial charge in [0.15, 0.2) is 0 Å². The molecule has 0 amide bonds. The Bertz CT molecular complexity index is 887. The zero-order chi connectivity index (χ0) is 17.2. The number of likely N-dealkylation sites (tertiary alicyclic amines) is 1. The predicted molar refractivity (Wildman–Crippen MR) is 106 cm³/mol. The van der Waals surface area contributed by atoms with Crippen LogP contribution < -0.4 is 5.32 Å². The van der Waals surface area contributed by atoms with Crippen LogP contribution in [0.1, 0.15) is 31.4 Å². The lowest BCUT2D eigenvalue weighted by atomic mass is 10.1. The number of benzene rings is 2. The maximum Gasteiger partial charge on any atom is 0.0737 e. The number of hydrogen-bond donors (Lipinski definition) is 1. The molecule has 1 aromatic heterocycles. The Kier molecular flexibility index (Phi) is 4.60. The fourth-order valence-electron chi connectivity index (χ4n) is 3.60. The van der Waals surface area contributed by atoms with Gasteiger partial charge in [-0.1, -0.05) is 23.7 Å². The van der Waals surface area contributed by atoms with Crippen LogP contribution in [0.15, 0.2) is 54.7 Å². The third-order valence-corrected chi connectivity index (χ3v) is 5.28. The Morgan fingerprint density at radius 2 is 1.92 bits per heavy atom. The predicted octanol–water partition coefficient (Wildman–Crippen LogP) is 5.79. The fraction of sp³-hybridized carbons (Fsp3) is 0.286. The molecule has 1 fully saturated rings. The minimum atomic E-state index is 0.456. The molecule has 4 heteroatoms. The van der Waals surface area contributed by atoms with E-state index in [1.165, 1.54) is 31.5 Å². The van der Waals surface area contributed by atoms with Gasteiger partial charge in [0.2, 0.25) is 0 Å². The van der Waals surface area contributed by atoms with Gasteiger partial charge in [-0.3, -0.25) is 9.88 Å². The van der Waals surface area contributed by atoms with Crippen molar-refractivity contribution in [1.29, 1.82) is 0 Å². The largest absolute Gasteiger partial charge is 0.355 e. The topological polar surface area (TPSA) is 28.2 Å². The second kappa shape index (κ2) is 7.03. The molecular formula is C21H22ClN3. The molecule has 1 unspecified atom stereocenters. The van der Waals surface area contributed by atoms with Crippen molar-refractivity contribution in [2.24, 2.45) is 0 Å². The van der Waals surface area contributed by atoms with Gasteiger partial charge in [0.05, 0.1) is 5.52 Å². The second-order valence-corrected chi connectivity index (χ2v) is 7.13. The van der Waals surface area contributed by atoms with Crippen molar-refractivity contribution in [1.82, 2.24) is 9.88 Å². The first-order valence-electron chi connectivity index (χ1n) is 8.86. The van der Waals surface area contributed by atoms with E-state index < -0.39 is 0 Å². The number of aromatic nitrogens is 1. The van der Waals surface area contributed by atoms with Crippen molar-refractivity contribution in [3.63, 3.8) is 0 Å². The van der Waals surface area contributed by atoms with E-state index in [-0.39, 0.29) is 0 Å². The number of halogens is 1. The van der Waals surface area contributed by atoms with Crippen LogP contribution >= 0.6 is 11.6 Å². The summed E-state index contributed by atoms with van der Waals surface area (Å²) >= 11 is 6.08. The highest BCUT2D eigenvalue weighted by molar-refractivity contribution is 6.31. The Labute approximate surface area is 153 Å². The first-order chi connectivity index (χ1) is 12.2. The number of fused-ring (bicyclic) bond motifs is 1. The molecule has 3 aromatic rings. The van der Waals surface area contributed by atoms with E-state index in [0.717, 1.165) is 22.3 Å². The van der Waals surface area contributed by atoms with E-state index >= 15 is 0 Å². The van der Waals surface area contributed by atoms with Crippen LogP contribution in [0.3, 0.4) is 0 Å². The average Bonchev–Trinajstić information content (AvgIpc) is 3.16. The van der Waals surface area contributed by atoms with E-state index in [2.05, 4.69) is 46.4 Å². The molecule has 25 heavy (non-hydrogen) atoms. The van der Waals surface area contributed by atoms with E-state index in [0.29, 0.717) is 11.1 Å². The normalized spacial score (nSPS) is 16.2. The molecule has 4 rings (SSSR count). The smallest absolute Gasteiger partial charge is 0.0737 e. The van der Waals surface area contributed by atoms with E-state index in [1.807, 2.05) is 30.5 Å². The van der Waals surface area contributed by atoms with Gasteiger partial charge >= 0.3 is 0 Å². The third kappa shape index (κ3) is 3.48. The summed E-state index contributed by atoms with van der Waals surface area (Å²) in [6.45, 7) is 4.71. The lowest BCUT2D eigenvalue weighted by molar-refractivity contribution is 0.263. The van der Waals surface area contributed by atoms with Crippen molar-refractivity contribution in [2.45, 2.75) is 25.8 Å². The first-order valence-corrected chi connectivity index (χ1v) is 9.24. The van der Waals surface area contributed by atoms with Gasteiger partial charge in [-0.15, -0.1) is 0 Å². The molecule has 3 nitrogen and oxygen atoms in total. The lowest BCUT2D eigenvalue weighted by Gasteiger charge is -2.24. The molecule has 1 saturated heterocycles. The number of nitrogens with zero attached hydrogens (tertiary/aromatic N) is 2. The molecule has 128 valence electrons. The van der Waals surface area contributed by atoms with Crippen molar-refractivity contribution < 1.29 is 0 Å². The van der Waals surface area contributed by atoms with Gasteiger partial charge in [-0.2, -0.15) is 0 Å². The Balaban J connectivity index is 1.62. The van der Waals surface area contributed by atoms with Crippen molar-refractivity contribution in [2.75, 3.05) is 18.4 Å². The molecule has 1 aliphatic rings. The summed E-state index contributed by atoms with van der Waals surface area (Å²) in [6, 6.07) is 17.0. The summed E-state index contributed by atoms with van der Waals surface area (Å²) in [5, 5.41) is 5.33. The van der Waals surface area contributed by atoms with Gasteiger partial charge in [0, 0.05) is 34.0 Å². The Morgan fingerprint density at radius 1 is 1.08 bits per heavy atom. The molecule has 0 bridgehead atoms. The average molecular weight is 352 g/mol. The fourth-order valence-corrected chi connectivity index (χ4v) is 3.77. The van der Waals surface area contributed by atoms with E-state index in [1.54, 1.807) is 0 Å². The van der Waals surface area contributed by atoms with Crippen molar-refractivity contribution >= 4 is 33.9 Å². The minimum Gasteiger partial charge on any atom is -0.355 e. The summed E-state index contributed by atoms with van der Waals surface area (Å²) < 4.78 is 0. The molecule has 0 radical (unpaired) electrons. The standard InChI is InChI=1S/C21H22ClN3/c1-15(25-11-2-3-12-25)16-5-4-6-18(13-16)24-20-9-10-23-21-14-17(22)7-8-19(20)21/h4-10,13-15H,2-3,11-12H2,1H3,(H,23,24). The zero-order valence-corrected chi connectivity index (χ0v) is 15.1. The van der Waals surface area contributed by atoms with Crippen LogP contribution in [0.4, 0.5) is 11.4 Å². The van der Waals surface area contributed by atoms with E-state index in [9.17, 15) is 0 Å². The first kappa shape index (κ1) is 16.4. The van der Waals surface area contributed by atoms with Gasteiger partial charge in [-0.05, 0) is 74.8 Å². The van der Waals surface area contributed by atoms with Crippen molar-refractivity contribution in [3.05, 3.63) is 65.3 Å². The molecule has 1 aliphatic heterocycles. The molecule has 0 spiro atoms. The van der Waals surface area contributed by atoms with Gasteiger partial charge in [0.1, 0.15) is 0 Å². The number of nitrogens with one attached hydrogen (secondary N) is 1. The van der Waals surface area contributed by atoms with Gasteiger partial charge in [0.25, 0.3) is 0 Å². The minimum absolute atomic E-state index is 0.456. The van der Waals surface area contributed by atoms with Crippen molar-refractivity contribution in [3.8, 4) is 0 Å². The second-order valence-electron chi connectivity index (χ2n) is 6.69. The lowest BCUT2D eigenvalue weighted by Crippen LogP contribution is -2.23. The summed E-state index contributed by atoms with van der Waals surface area (Å²) in [5.41, 5.74) is 4.41. The molecule has 1 N–H and O–H groups in total. The number of hydrogen-bond acceptors (Lipinski definition) is 3. The van der Waals surface area contributed by atoms with Gasteiger partial charge < -0.3 is 5.32 Å². The summed E-state index contributed by atoms with van der Waals surface area (Å²) in [7, 11) is 0. The van der Waals surface area contributed by atoms with Crippen LogP contribution in [-0.2, 0) is 0 Å². The van der Waals surface area contributed by atoms with Gasteiger partial charge in [-0.25, -0.2) is 0 Å². The summed E-state index contributed by atoms with van der Waals surface area (Å²) in [6.07, 6.45) is 4.44.